The second-order valence-corrected chi connectivity index (χ2v) is 13.3. The average molecular weight is 601 g/mol. The monoisotopic (exact) mass is 600 g/mol. The molecule has 2 aromatic rings. The molecule has 0 spiro atoms. The fourth-order valence-electron chi connectivity index (χ4n) is 7.26. The molecule has 5 rings (SSSR count). The van der Waals surface area contributed by atoms with Crippen LogP contribution in [-0.2, 0) is 20.9 Å². The highest BCUT2D eigenvalue weighted by atomic mass is 16.2. The molecule has 3 aliphatic rings. The molecule has 2 heterocycles. The van der Waals surface area contributed by atoms with E-state index in [0.717, 1.165) is 36.1 Å². The summed E-state index contributed by atoms with van der Waals surface area (Å²) < 4.78 is 0. The number of carbonyl (C=O) groups excluding carboxylic acids is 5. The molecular formula is C35H44N4O5. The minimum Gasteiger partial charge on any atom is -0.382 e. The molecule has 0 radical (unpaired) electrons. The lowest BCUT2D eigenvalue weighted by Gasteiger charge is -2.32. The van der Waals surface area contributed by atoms with Crippen LogP contribution in [-0.4, -0.2) is 58.5 Å². The van der Waals surface area contributed by atoms with Crippen molar-refractivity contribution in [3.63, 3.8) is 0 Å². The fourth-order valence-corrected chi connectivity index (χ4v) is 7.26. The molecular weight excluding hydrogens is 556 g/mol. The lowest BCUT2D eigenvalue weighted by Crippen LogP contribution is -2.54. The first-order valence-electron chi connectivity index (χ1n) is 15.9. The Bertz CT molecular complexity index is 1500. The highest BCUT2D eigenvalue weighted by molar-refractivity contribution is 6.25. The Labute approximate surface area is 259 Å². The van der Waals surface area contributed by atoms with E-state index in [2.05, 4.69) is 57.4 Å². The van der Waals surface area contributed by atoms with E-state index in [0.29, 0.717) is 24.1 Å². The largest absolute Gasteiger partial charge is 0.382 e. The number of nitrogens with one attached hydrogen (secondary N) is 2. The molecule has 9 nitrogen and oxygen atoms in total. The zero-order valence-corrected chi connectivity index (χ0v) is 26.7. The van der Waals surface area contributed by atoms with Crippen LogP contribution in [0.2, 0.25) is 0 Å². The summed E-state index contributed by atoms with van der Waals surface area (Å²) in [6.45, 7) is 11.6. The molecule has 9 heteroatoms. The third-order valence-corrected chi connectivity index (χ3v) is 9.38. The average Bonchev–Trinajstić information content (AvgIpc) is 3.22. The molecule has 1 aliphatic carbocycles. The van der Waals surface area contributed by atoms with Crippen LogP contribution < -0.4 is 10.6 Å². The normalized spacial score (nSPS) is 22.0. The van der Waals surface area contributed by atoms with Gasteiger partial charge in [0.15, 0.2) is 0 Å². The van der Waals surface area contributed by atoms with Crippen LogP contribution in [0.3, 0.4) is 0 Å². The number of imide groups is 2. The summed E-state index contributed by atoms with van der Waals surface area (Å²) in [6.07, 6.45) is 3.17. The van der Waals surface area contributed by atoms with E-state index in [4.69, 9.17) is 0 Å². The molecule has 2 fully saturated rings. The van der Waals surface area contributed by atoms with Crippen molar-refractivity contribution in [2.24, 2.45) is 5.92 Å². The van der Waals surface area contributed by atoms with E-state index in [1.54, 1.807) is 18.2 Å². The number of piperidine rings is 1. The van der Waals surface area contributed by atoms with Crippen LogP contribution in [0.15, 0.2) is 30.3 Å². The van der Waals surface area contributed by atoms with E-state index in [1.165, 1.54) is 16.7 Å². The fraction of sp³-hybridized carbons (Fsp3) is 0.514. The number of amides is 5. The van der Waals surface area contributed by atoms with Gasteiger partial charge in [-0.2, -0.15) is 0 Å². The lowest BCUT2D eigenvalue weighted by atomic mass is 9.84. The maximum Gasteiger partial charge on any atom is 0.264 e. The SMILES string of the molecule is Cc1cc(CN(C)C(=O)[C@H]2CC[C@H](Nc3cccc4c3C(=O)N(C3CCC(=O)NC3=O)C4=O)CC2)cc(C(C)C)c1C(C)C. The van der Waals surface area contributed by atoms with E-state index in [-0.39, 0.29) is 41.8 Å². The topological polar surface area (TPSA) is 116 Å². The van der Waals surface area contributed by atoms with Gasteiger partial charge in [0.2, 0.25) is 17.7 Å². The van der Waals surface area contributed by atoms with Gasteiger partial charge in [0, 0.05) is 37.7 Å². The van der Waals surface area contributed by atoms with Crippen LogP contribution in [0.5, 0.6) is 0 Å². The highest BCUT2D eigenvalue weighted by Gasteiger charge is 2.45. The Morgan fingerprint density at radius 1 is 0.977 bits per heavy atom. The van der Waals surface area contributed by atoms with Crippen molar-refractivity contribution in [1.82, 2.24) is 15.1 Å². The molecule has 2 aromatic carbocycles. The van der Waals surface area contributed by atoms with Crippen LogP contribution in [0, 0.1) is 12.8 Å². The molecule has 44 heavy (non-hydrogen) atoms. The Kier molecular flexibility index (Phi) is 8.95. The summed E-state index contributed by atoms with van der Waals surface area (Å²) >= 11 is 0. The molecule has 0 bridgehead atoms. The number of fused-ring (bicyclic) bond motifs is 1. The van der Waals surface area contributed by atoms with Gasteiger partial charge in [0.1, 0.15) is 6.04 Å². The van der Waals surface area contributed by atoms with Crippen molar-refractivity contribution in [2.45, 2.75) is 104 Å². The third-order valence-electron chi connectivity index (χ3n) is 9.38. The van der Waals surface area contributed by atoms with E-state index < -0.39 is 29.7 Å². The second kappa shape index (κ2) is 12.5. The number of benzene rings is 2. The quantitative estimate of drug-likeness (QED) is 0.399. The predicted molar refractivity (Wildman–Crippen MR) is 168 cm³/mol. The smallest absolute Gasteiger partial charge is 0.264 e. The van der Waals surface area contributed by atoms with Gasteiger partial charge in [-0.05, 0) is 85.3 Å². The van der Waals surface area contributed by atoms with E-state index in [9.17, 15) is 24.0 Å². The van der Waals surface area contributed by atoms with Crippen molar-refractivity contribution in [1.29, 1.82) is 0 Å². The summed E-state index contributed by atoms with van der Waals surface area (Å²) in [7, 11) is 1.89. The summed E-state index contributed by atoms with van der Waals surface area (Å²) in [5, 5.41) is 5.69. The van der Waals surface area contributed by atoms with Gasteiger partial charge in [0.05, 0.1) is 11.1 Å². The Balaban J connectivity index is 1.21. The minimum absolute atomic E-state index is 0.0447. The second-order valence-electron chi connectivity index (χ2n) is 13.3. The van der Waals surface area contributed by atoms with Gasteiger partial charge < -0.3 is 10.2 Å². The summed E-state index contributed by atoms with van der Waals surface area (Å²) in [5.74, 6) is -1.12. The maximum absolute atomic E-state index is 13.5. The zero-order valence-electron chi connectivity index (χ0n) is 26.7. The van der Waals surface area contributed by atoms with E-state index in [1.807, 2.05) is 11.9 Å². The molecule has 2 N–H and O–H groups in total. The number of nitrogens with zero attached hydrogens (tertiary/aromatic N) is 2. The summed E-state index contributed by atoms with van der Waals surface area (Å²) in [5.41, 5.74) is 6.28. The van der Waals surface area contributed by atoms with E-state index >= 15 is 0 Å². The number of aryl methyl sites for hydroxylation is 1. The zero-order chi connectivity index (χ0) is 31.9. The Hall–Kier alpha value is -4.01. The molecule has 5 amide bonds. The van der Waals surface area contributed by atoms with Crippen molar-refractivity contribution in [3.8, 4) is 0 Å². The first-order chi connectivity index (χ1) is 20.9. The summed E-state index contributed by atoms with van der Waals surface area (Å²) in [6, 6.07) is 8.63. The molecule has 1 atom stereocenters. The van der Waals surface area contributed by atoms with Crippen LogP contribution in [0.1, 0.15) is 121 Å². The van der Waals surface area contributed by atoms with Crippen molar-refractivity contribution < 1.29 is 24.0 Å². The van der Waals surface area contributed by atoms with Crippen LogP contribution in [0.25, 0.3) is 0 Å². The van der Waals surface area contributed by atoms with Crippen molar-refractivity contribution in [2.75, 3.05) is 12.4 Å². The number of anilines is 1. The third kappa shape index (κ3) is 6.01. The lowest BCUT2D eigenvalue weighted by molar-refractivity contribution is -0.137. The minimum atomic E-state index is -1.000. The maximum atomic E-state index is 13.5. The molecule has 1 saturated heterocycles. The Morgan fingerprint density at radius 2 is 1.68 bits per heavy atom. The van der Waals surface area contributed by atoms with Crippen LogP contribution >= 0.6 is 0 Å². The van der Waals surface area contributed by atoms with Gasteiger partial charge in [-0.1, -0.05) is 45.9 Å². The highest BCUT2D eigenvalue weighted by Crippen LogP contribution is 2.35. The first kappa shape index (κ1) is 31.4. The number of rotatable bonds is 8. The molecule has 1 unspecified atom stereocenters. The number of carbonyl (C=O) groups is 5. The van der Waals surface area contributed by atoms with Crippen molar-refractivity contribution in [3.05, 3.63) is 63.7 Å². The van der Waals surface area contributed by atoms with Gasteiger partial charge >= 0.3 is 0 Å². The summed E-state index contributed by atoms with van der Waals surface area (Å²) in [4.78, 5) is 67.0. The van der Waals surface area contributed by atoms with Gasteiger partial charge in [-0.3, -0.25) is 34.2 Å². The van der Waals surface area contributed by atoms with Gasteiger partial charge in [0.25, 0.3) is 11.8 Å². The first-order valence-corrected chi connectivity index (χ1v) is 15.9. The Morgan fingerprint density at radius 3 is 2.32 bits per heavy atom. The number of hydrogen-bond acceptors (Lipinski definition) is 6. The van der Waals surface area contributed by atoms with Gasteiger partial charge in [-0.15, -0.1) is 0 Å². The molecule has 1 saturated carbocycles. The predicted octanol–water partition coefficient (Wildman–Crippen LogP) is 5.27. The molecule has 0 aromatic heterocycles. The standard InChI is InChI=1S/C35H44N4O5/c1-19(2)26-17-22(16-21(5)30(26)20(3)4)18-38(6)33(42)23-10-12-24(13-11-23)36-27-9-7-8-25-31(27)35(44)39(34(25)43)28-14-15-29(40)37-32(28)41/h7-9,16-17,19-20,23-24,28,36H,10-15,18H2,1-6H3,(H,37,40,41)/t23-,24-,28?. The molecule has 234 valence electrons. The van der Waals surface area contributed by atoms with Gasteiger partial charge in [-0.25, -0.2) is 0 Å². The van der Waals surface area contributed by atoms with Crippen molar-refractivity contribution >= 4 is 35.2 Å². The number of hydrogen-bond donors (Lipinski definition) is 2. The molecule has 2 aliphatic heterocycles. The van der Waals surface area contributed by atoms with Crippen LogP contribution in [0.4, 0.5) is 5.69 Å².